The van der Waals surface area contributed by atoms with E-state index in [-0.39, 0.29) is 11.7 Å². The van der Waals surface area contributed by atoms with Crippen molar-refractivity contribution in [2.45, 2.75) is 64.3 Å². The van der Waals surface area contributed by atoms with Gasteiger partial charge in [-0.3, -0.25) is 4.79 Å². The van der Waals surface area contributed by atoms with E-state index in [2.05, 4.69) is 10.5 Å². The summed E-state index contributed by atoms with van der Waals surface area (Å²) in [6.07, 6.45) is 6.26. The third-order valence-electron chi connectivity index (χ3n) is 3.53. The lowest BCUT2D eigenvalue weighted by Gasteiger charge is -2.32. The first-order valence-corrected chi connectivity index (χ1v) is 6.79. The van der Waals surface area contributed by atoms with Gasteiger partial charge in [-0.2, -0.15) is 0 Å². The molecule has 0 atom stereocenters. The van der Waals surface area contributed by atoms with E-state index in [9.17, 15) is 4.79 Å². The summed E-state index contributed by atoms with van der Waals surface area (Å²) in [6.45, 7) is 4.01. The van der Waals surface area contributed by atoms with Crippen LogP contribution >= 0.6 is 0 Å². The quantitative estimate of drug-likeness (QED) is 0.236. The van der Waals surface area contributed by atoms with E-state index in [0.29, 0.717) is 12.3 Å². The van der Waals surface area contributed by atoms with Gasteiger partial charge in [-0.05, 0) is 18.8 Å². The molecule has 0 aromatic heterocycles. The lowest BCUT2D eigenvalue weighted by Crippen LogP contribution is -2.57. The standard InChI is InChI=1S/C13H25N3O2/c1-10(2)9-11(17)15-13(12(14)16-18)7-5-3-4-6-8-13/h10,18H,3-9H2,1-2H3,(H2,14,16)(H,15,17). The number of carbonyl (C=O) groups is 1. The highest BCUT2D eigenvalue weighted by atomic mass is 16.4. The molecule has 1 saturated carbocycles. The molecule has 5 nitrogen and oxygen atoms in total. The Morgan fingerprint density at radius 3 is 2.33 bits per heavy atom. The summed E-state index contributed by atoms with van der Waals surface area (Å²) in [4.78, 5) is 12.0. The van der Waals surface area contributed by atoms with E-state index in [0.717, 1.165) is 38.5 Å². The van der Waals surface area contributed by atoms with Crippen LogP contribution in [0.3, 0.4) is 0 Å². The van der Waals surface area contributed by atoms with Crippen LogP contribution in [0, 0.1) is 5.92 Å². The van der Waals surface area contributed by atoms with Crippen LogP contribution in [0.5, 0.6) is 0 Å². The molecular weight excluding hydrogens is 230 g/mol. The van der Waals surface area contributed by atoms with E-state index in [1.165, 1.54) is 0 Å². The summed E-state index contributed by atoms with van der Waals surface area (Å²) >= 11 is 0. The number of carbonyl (C=O) groups excluding carboxylic acids is 1. The second-order valence-corrected chi connectivity index (χ2v) is 5.63. The zero-order chi connectivity index (χ0) is 13.6. The molecule has 0 aromatic rings. The van der Waals surface area contributed by atoms with Gasteiger partial charge in [0.05, 0.1) is 0 Å². The molecule has 0 heterocycles. The van der Waals surface area contributed by atoms with Crippen molar-refractivity contribution in [3.63, 3.8) is 0 Å². The Hall–Kier alpha value is -1.26. The number of rotatable bonds is 4. The highest BCUT2D eigenvalue weighted by molar-refractivity contribution is 5.93. The Morgan fingerprint density at radius 2 is 1.89 bits per heavy atom. The van der Waals surface area contributed by atoms with Gasteiger partial charge in [0.1, 0.15) is 5.54 Å². The third kappa shape index (κ3) is 3.89. The van der Waals surface area contributed by atoms with Crippen LogP contribution in [0.15, 0.2) is 5.16 Å². The summed E-state index contributed by atoms with van der Waals surface area (Å²) < 4.78 is 0. The molecule has 1 aliphatic carbocycles. The summed E-state index contributed by atoms with van der Waals surface area (Å²) in [5.74, 6) is 0.431. The second kappa shape index (κ2) is 6.61. The van der Waals surface area contributed by atoms with Crippen molar-refractivity contribution in [1.29, 1.82) is 0 Å². The molecule has 104 valence electrons. The summed E-state index contributed by atoms with van der Waals surface area (Å²) in [5, 5.41) is 15.1. The molecule has 0 radical (unpaired) electrons. The van der Waals surface area contributed by atoms with E-state index in [1.807, 2.05) is 13.8 Å². The molecule has 1 fully saturated rings. The van der Waals surface area contributed by atoms with Gasteiger partial charge < -0.3 is 16.3 Å². The highest BCUT2D eigenvalue weighted by Gasteiger charge is 2.37. The molecule has 0 spiro atoms. The zero-order valence-electron chi connectivity index (χ0n) is 11.4. The van der Waals surface area contributed by atoms with Crippen LogP contribution < -0.4 is 11.1 Å². The Morgan fingerprint density at radius 1 is 1.33 bits per heavy atom. The molecular formula is C13H25N3O2. The highest BCUT2D eigenvalue weighted by Crippen LogP contribution is 2.27. The average molecular weight is 255 g/mol. The van der Waals surface area contributed by atoms with Gasteiger partial charge in [0.15, 0.2) is 5.84 Å². The maximum atomic E-state index is 12.0. The third-order valence-corrected chi connectivity index (χ3v) is 3.53. The first kappa shape index (κ1) is 14.8. The number of nitrogens with zero attached hydrogens (tertiary/aromatic N) is 1. The largest absolute Gasteiger partial charge is 0.409 e. The Bertz CT molecular complexity index is 305. The van der Waals surface area contributed by atoms with Gasteiger partial charge in [0, 0.05) is 6.42 Å². The topological polar surface area (TPSA) is 87.7 Å². The SMILES string of the molecule is CC(C)CC(=O)NC1(C(N)=NO)CCCCCC1. The Balaban J connectivity index is 2.80. The average Bonchev–Trinajstić information content (AvgIpc) is 2.53. The van der Waals surface area contributed by atoms with Crippen molar-refractivity contribution in [3.8, 4) is 0 Å². The monoisotopic (exact) mass is 255 g/mol. The van der Waals surface area contributed by atoms with E-state index in [4.69, 9.17) is 10.9 Å². The minimum atomic E-state index is -0.642. The van der Waals surface area contributed by atoms with Gasteiger partial charge in [-0.1, -0.05) is 44.7 Å². The van der Waals surface area contributed by atoms with Crippen LogP contribution in [0.4, 0.5) is 0 Å². The van der Waals surface area contributed by atoms with Crippen LogP contribution in [0.2, 0.25) is 0 Å². The van der Waals surface area contributed by atoms with Gasteiger partial charge >= 0.3 is 0 Å². The molecule has 4 N–H and O–H groups in total. The Labute approximate surface area is 109 Å². The molecule has 5 heteroatoms. The zero-order valence-corrected chi connectivity index (χ0v) is 11.4. The van der Waals surface area contributed by atoms with Crippen molar-refractivity contribution in [2.24, 2.45) is 16.8 Å². The Kier molecular flexibility index (Phi) is 5.44. The summed E-state index contributed by atoms with van der Waals surface area (Å²) in [5.41, 5.74) is 5.17. The van der Waals surface area contributed by atoms with Crippen LogP contribution in [0.1, 0.15) is 58.8 Å². The summed E-state index contributed by atoms with van der Waals surface area (Å²) in [7, 11) is 0. The van der Waals surface area contributed by atoms with Crippen LogP contribution in [0.25, 0.3) is 0 Å². The van der Waals surface area contributed by atoms with Crippen molar-refractivity contribution in [2.75, 3.05) is 0 Å². The van der Waals surface area contributed by atoms with Gasteiger partial charge in [0.25, 0.3) is 0 Å². The van der Waals surface area contributed by atoms with Crippen molar-refractivity contribution < 1.29 is 10.0 Å². The molecule has 0 aromatic carbocycles. The molecule has 18 heavy (non-hydrogen) atoms. The number of hydrogen-bond donors (Lipinski definition) is 3. The predicted octanol–water partition coefficient (Wildman–Crippen LogP) is 1.99. The van der Waals surface area contributed by atoms with E-state index >= 15 is 0 Å². The number of nitrogens with one attached hydrogen (secondary N) is 1. The molecule has 0 saturated heterocycles. The maximum absolute atomic E-state index is 12.0. The molecule has 1 aliphatic rings. The number of nitrogens with two attached hydrogens (primary N) is 1. The normalized spacial score (nSPS) is 20.5. The minimum Gasteiger partial charge on any atom is -0.409 e. The lowest BCUT2D eigenvalue weighted by molar-refractivity contribution is -0.123. The minimum absolute atomic E-state index is 0.0153. The number of amidine groups is 1. The molecule has 0 bridgehead atoms. The number of amides is 1. The fraction of sp³-hybridized carbons (Fsp3) is 0.846. The molecule has 1 rings (SSSR count). The fourth-order valence-electron chi connectivity index (χ4n) is 2.56. The first-order chi connectivity index (χ1) is 8.50. The van der Waals surface area contributed by atoms with Crippen molar-refractivity contribution in [1.82, 2.24) is 5.32 Å². The first-order valence-electron chi connectivity index (χ1n) is 6.79. The number of hydrogen-bond acceptors (Lipinski definition) is 3. The van der Waals surface area contributed by atoms with Crippen LogP contribution in [-0.2, 0) is 4.79 Å². The van der Waals surface area contributed by atoms with Gasteiger partial charge in [-0.25, -0.2) is 0 Å². The van der Waals surface area contributed by atoms with Crippen LogP contribution in [-0.4, -0.2) is 22.5 Å². The predicted molar refractivity (Wildman–Crippen MR) is 71.4 cm³/mol. The van der Waals surface area contributed by atoms with Crippen molar-refractivity contribution in [3.05, 3.63) is 0 Å². The molecule has 0 aliphatic heterocycles. The fourth-order valence-corrected chi connectivity index (χ4v) is 2.56. The molecule has 0 unspecified atom stereocenters. The van der Waals surface area contributed by atoms with Gasteiger partial charge in [-0.15, -0.1) is 0 Å². The smallest absolute Gasteiger partial charge is 0.221 e. The lowest BCUT2D eigenvalue weighted by atomic mass is 9.88. The second-order valence-electron chi connectivity index (χ2n) is 5.63. The molecule has 1 amide bonds. The summed E-state index contributed by atoms with van der Waals surface area (Å²) in [6, 6.07) is 0. The van der Waals surface area contributed by atoms with Crippen molar-refractivity contribution >= 4 is 11.7 Å². The van der Waals surface area contributed by atoms with E-state index in [1.54, 1.807) is 0 Å². The number of oxime groups is 1. The van der Waals surface area contributed by atoms with E-state index < -0.39 is 5.54 Å². The maximum Gasteiger partial charge on any atom is 0.221 e. The van der Waals surface area contributed by atoms with Gasteiger partial charge in [0.2, 0.25) is 5.91 Å².